The topological polar surface area (TPSA) is 20.2 Å². The summed E-state index contributed by atoms with van der Waals surface area (Å²) in [4.78, 5) is 0. The van der Waals surface area contributed by atoms with E-state index in [4.69, 9.17) is 11.6 Å². The molecule has 2 heteroatoms. The molecule has 0 aliphatic carbocycles. The van der Waals surface area contributed by atoms with Gasteiger partial charge < -0.3 is 5.11 Å². The van der Waals surface area contributed by atoms with E-state index in [1.54, 1.807) is 0 Å². The monoisotopic (exact) mass is 208 g/mol. The second-order valence-electron chi connectivity index (χ2n) is 2.93. The number of hydrogen-bond acceptors (Lipinski definition) is 1. The van der Waals surface area contributed by atoms with E-state index in [1.807, 2.05) is 30.3 Å². The standard InChI is InChI=1S/C12H13ClO/c13-10-6-2-5-9-12(14)11-7-3-1-4-8-11/h1,3-4,7-8,12,14H,2,6,10H2. The first kappa shape index (κ1) is 11.1. The fourth-order valence-corrected chi connectivity index (χ4v) is 1.18. The molecule has 1 rings (SSSR count). The molecule has 0 radical (unpaired) electrons. The fourth-order valence-electron chi connectivity index (χ4n) is 1.04. The van der Waals surface area contributed by atoms with Crippen molar-refractivity contribution < 1.29 is 5.11 Å². The summed E-state index contributed by atoms with van der Waals surface area (Å²) in [5.74, 6) is 6.30. The Bertz CT molecular complexity index is 310. The Morgan fingerprint density at radius 3 is 2.64 bits per heavy atom. The maximum atomic E-state index is 9.61. The number of unbranched alkanes of at least 4 members (excludes halogenated alkanes) is 1. The summed E-state index contributed by atoms with van der Waals surface area (Å²) in [7, 11) is 0. The Balaban J connectivity index is 2.49. The first-order chi connectivity index (χ1) is 6.84. The summed E-state index contributed by atoms with van der Waals surface area (Å²) in [5, 5.41) is 9.61. The number of rotatable bonds is 3. The van der Waals surface area contributed by atoms with Crippen LogP contribution in [0.25, 0.3) is 0 Å². The first-order valence-corrected chi connectivity index (χ1v) is 5.15. The third kappa shape index (κ3) is 3.83. The van der Waals surface area contributed by atoms with Gasteiger partial charge >= 0.3 is 0 Å². The zero-order valence-electron chi connectivity index (χ0n) is 7.91. The zero-order valence-corrected chi connectivity index (χ0v) is 8.67. The van der Waals surface area contributed by atoms with E-state index in [2.05, 4.69) is 11.8 Å². The molecule has 0 bridgehead atoms. The highest BCUT2D eigenvalue weighted by Crippen LogP contribution is 2.10. The summed E-state index contributed by atoms with van der Waals surface area (Å²) in [5.41, 5.74) is 0.839. The van der Waals surface area contributed by atoms with E-state index >= 15 is 0 Å². The number of aliphatic hydroxyl groups is 1. The second-order valence-corrected chi connectivity index (χ2v) is 3.30. The maximum absolute atomic E-state index is 9.61. The van der Waals surface area contributed by atoms with Crippen LogP contribution in [-0.2, 0) is 0 Å². The Morgan fingerprint density at radius 2 is 2.00 bits per heavy atom. The van der Waals surface area contributed by atoms with Gasteiger partial charge in [0.1, 0.15) is 6.10 Å². The molecule has 1 N–H and O–H groups in total. The lowest BCUT2D eigenvalue weighted by Crippen LogP contribution is -1.92. The van der Waals surface area contributed by atoms with Crippen molar-refractivity contribution in [1.82, 2.24) is 0 Å². The molecule has 0 fully saturated rings. The lowest BCUT2D eigenvalue weighted by molar-refractivity contribution is 0.238. The number of alkyl halides is 1. The number of hydrogen-bond donors (Lipinski definition) is 1. The molecule has 1 atom stereocenters. The average molecular weight is 209 g/mol. The van der Waals surface area contributed by atoms with Gasteiger partial charge in [-0.25, -0.2) is 0 Å². The van der Waals surface area contributed by atoms with Crippen molar-refractivity contribution in [2.45, 2.75) is 18.9 Å². The molecule has 0 saturated carbocycles. The summed E-state index contributed by atoms with van der Waals surface area (Å²) < 4.78 is 0. The molecule has 0 amide bonds. The van der Waals surface area contributed by atoms with Crippen LogP contribution in [0.2, 0.25) is 0 Å². The van der Waals surface area contributed by atoms with E-state index in [0.717, 1.165) is 18.4 Å². The third-order valence-corrected chi connectivity index (χ3v) is 2.06. The van der Waals surface area contributed by atoms with Crippen LogP contribution >= 0.6 is 11.6 Å². The van der Waals surface area contributed by atoms with Crippen LogP contribution in [0.1, 0.15) is 24.5 Å². The minimum Gasteiger partial charge on any atom is -0.376 e. The van der Waals surface area contributed by atoms with E-state index in [1.165, 1.54) is 0 Å². The van der Waals surface area contributed by atoms with Crippen LogP contribution in [0.5, 0.6) is 0 Å². The van der Waals surface area contributed by atoms with Crippen LogP contribution in [0, 0.1) is 11.8 Å². The molecule has 0 aliphatic rings. The summed E-state index contributed by atoms with van der Waals surface area (Å²) in [6.45, 7) is 0. The van der Waals surface area contributed by atoms with E-state index in [9.17, 15) is 5.11 Å². The molecule has 1 aromatic carbocycles. The van der Waals surface area contributed by atoms with Crippen molar-refractivity contribution in [2.24, 2.45) is 0 Å². The molecule has 1 aromatic rings. The molecule has 1 nitrogen and oxygen atoms in total. The van der Waals surface area contributed by atoms with Gasteiger partial charge in [-0.05, 0) is 12.0 Å². The Kier molecular flexibility index (Phi) is 5.14. The lowest BCUT2D eigenvalue weighted by Gasteiger charge is -2.01. The third-order valence-electron chi connectivity index (χ3n) is 1.79. The molecule has 1 unspecified atom stereocenters. The molecule has 0 aliphatic heterocycles. The zero-order chi connectivity index (χ0) is 10.2. The molecule has 0 spiro atoms. The summed E-state index contributed by atoms with van der Waals surface area (Å²) in [6.07, 6.45) is 0.940. The molecule has 14 heavy (non-hydrogen) atoms. The Hall–Kier alpha value is -0.970. The van der Waals surface area contributed by atoms with Gasteiger partial charge in [-0.1, -0.05) is 36.3 Å². The molecule has 0 aromatic heterocycles. The van der Waals surface area contributed by atoms with Crippen LogP contribution in [0.15, 0.2) is 30.3 Å². The van der Waals surface area contributed by atoms with Gasteiger partial charge in [-0.3, -0.25) is 0 Å². The van der Waals surface area contributed by atoms with Crippen molar-refractivity contribution in [1.29, 1.82) is 0 Å². The normalized spacial score (nSPS) is 11.6. The minimum atomic E-state index is -0.675. The highest BCUT2D eigenvalue weighted by Gasteiger charge is 2.00. The summed E-state index contributed by atoms with van der Waals surface area (Å²) >= 11 is 5.50. The fraction of sp³-hybridized carbons (Fsp3) is 0.333. The van der Waals surface area contributed by atoms with Gasteiger partial charge in [0.05, 0.1) is 0 Å². The average Bonchev–Trinajstić information content (AvgIpc) is 2.25. The largest absolute Gasteiger partial charge is 0.376 e. The maximum Gasteiger partial charge on any atom is 0.140 e. The SMILES string of the molecule is OC(C#CCCCCl)c1ccccc1. The van der Waals surface area contributed by atoms with Gasteiger partial charge in [-0.2, -0.15) is 0 Å². The van der Waals surface area contributed by atoms with E-state index in [-0.39, 0.29) is 0 Å². The predicted octanol–water partition coefficient (Wildman–Crippen LogP) is 2.74. The van der Waals surface area contributed by atoms with E-state index in [0.29, 0.717) is 5.88 Å². The highest BCUT2D eigenvalue weighted by atomic mass is 35.5. The van der Waals surface area contributed by atoms with Gasteiger partial charge in [0.2, 0.25) is 0 Å². The highest BCUT2D eigenvalue weighted by molar-refractivity contribution is 6.17. The van der Waals surface area contributed by atoms with Crippen molar-refractivity contribution >= 4 is 11.6 Å². The molecular formula is C12H13ClO. The van der Waals surface area contributed by atoms with Gasteiger partial charge in [0, 0.05) is 12.3 Å². The smallest absolute Gasteiger partial charge is 0.140 e. The Labute approximate surface area is 89.7 Å². The van der Waals surface area contributed by atoms with Gasteiger partial charge in [-0.15, -0.1) is 17.5 Å². The first-order valence-electron chi connectivity index (χ1n) is 4.62. The number of benzene rings is 1. The molecule has 74 valence electrons. The van der Waals surface area contributed by atoms with Crippen molar-refractivity contribution in [3.05, 3.63) is 35.9 Å². The quantitative estimate of drug-likeness (QED) is 0.460. The summed E-state index contributed by atoms with van der Waals surface area (Å²) in [6, 6.07) is 9.41. The molecular weight excluding hydrogens is 196 g/mol. The molecule has 0 heterocycles. The number of aliphatic hydroxyl groups excluding tert-OH is 1. The lowest BCUT2D eigenvalue weighted by atomic mass is 10.1. The Morgan fingerprint density at radius 1 is 1.29 bits per heavy atom. The van der Waals surface area contributed by atoms with Crippen LogP contribution in [0.3, 0.4) is 0 Å². The van der Waals surface area contributed by atoms with Gasteiger partial charge in [0.15, 0.2) is 0 Å². The van der Waals surface area contributed by atoms with Crippen LogP contribution < -0.4 is 0 Å². The van der Waals surface area contributed by atoms with Crippen LogP contribution in [-0.4, -0.2) is 11.0 Å². The van der Waals surface area contributed by atoms with Gasteiger partial charge in [0.25, 0.3) is 0 Å². The van der Waals surface area contributed by atoms with Crippen LogP contribution in [0.4, 0.5) is 0 Å². The van der Waals surface area contributed by atoms with Crippen molar-refractivity contribution in [3.63, 3.8) is 0 Å². The van der Waals surface area contributed by atoms with Crippen molar-refractivity contribution in [2.75, 3.05) is 5.88 Å². The molecule has 0 saturated heterocycles. The predicted molar refractivity (Wildman–Crippen MR) is 59.1 cm³/mol. The van der Waals surface area contributed by atoms with Crippen molar-refractivity contribution in [3.8, 4) is 11.8 Å². The minimum absolute atomic E-state index is 0.621. The number of halogens is 1. The second kappa shape index (κ2) is 6.48. The van der Waals surface area contributed by atoms with E-state index < -0.39 is 6.10 Å².